The Kier molecular flexibility index (Phi) is 5.20. The van der Waals surface area contributed by atoms with Crippen LogP contribution in [0.15, 0.2) is 47.5 Å². The van der Waals surface area contributed by atoms with Gasteiger partial charge in [-0.1, -0.05) is 18.2 Å². The van der Waals surface area contributed by atoms with E-state index in [1.165, 1.54) is 10.9 Å². The van der Waals surface area contributed by atoms with Crippen molar-refractivity contribution in [2.75, 3.05) is 20.3 Å². The third-order valence-corrected chi connectivity index (χ3v) is 5.07. The van der Waals surface area contributed by atoms with Crippen molar-refractivity contribution >= 4 is 16.8 Å². The molecule has 4 rings (SSSR count). The Bertz CT molecular complexity index is 1120. The molecule has 3 aromatic rings. The van der Waals surface area contributed by atoms with Crippen LogP contribution in [0.3, 0.4) is 0 Å². The second-order valence-corrected chi connectivity index (χ2v) is 7.19. The van der Waals surface area contributed by atoms with Gasteiger partial charge in [-0.25, -0.2) is 4.98 Å². The summed E-state index contributed by atoms with van der Waals surface area (Å²) in [5, 5.41) is 0.574. The zero-order chi connectivity index (χ0) is 20.4. The van der Waals surface area contributed by atoms with Crippen LogP contribution in [0, 0.1) is 6.92 Å². The van der Waals surface area contributed by atoms with E-state index in [0.29, 0.717) is 43.0 Å². The molecule has 0 radical (unpaired) electrons. The van der Waals surface area contributed by atoms with Crippen molar-refractivity contribution in [3.8, 4) is 11.5 Å². The first-order valence-electron chi connectivity index (χ1n) is 9.60. The fourth-order valence-corrected chi connectivity index (χ4v) is 3.45. The van der Waals surface area contributed by atoms with E-state index in [-0.39, 0.29) is 17.9 Å². The molecule has 7 nitrogen and oxygen atoms in total. The summed E-state index contributed by atoms with van der Waals surface area (Å²) in [6, 6.07) is 11.2. The number of aryl methyl sites for hydroxylation is 2. The predicted octanol–water partition coefficient (Wildman–Crippen LogP) is 2.52. The van der Waals surface area contributed by atoms with Crippen LogP contribution in [0.1, 0.15) is 17.5 Å². The van der Waals surface area contributed by atoms with Crippen molar-refractivity contribution in [1.82, 2.24) is 14.5 Å². The summed E-state index contributed by atoms with van der Waals surface area (Å²) in [5.74, 6) is 1.39. The zero-order valence-corrected chi connectivity index (χ0v) is 16.6. The van der Waals surface area contributed by atoms with Gasteiger partial charge in [-0.15, -0.1) is 0 Å². The van der Waals surface area contributed by atoms with Crippen LogP contribution < -0.4 is 15.0 Å². The zero-order valence-electron chi connectivity index (χ0n) is 16.6. The summed E-state index contributed by atoms with van der Waals surface area (Å²) in [7, 11) is 1.75. The SMILES string of the molecule is Cc1cccc2c(=O)n(CCC(=O)N(C)Cc3ccc4c(c3)OCCO4)cnc12. The number of carbonyl (C=O) groups excluding carboxylic acids is 1. The molecule has 1 aromatic heterocycles. The van der Waals surface area contributed by atoms with Gasteiger partial charge < -0.3 is 14.4 Å². The summed E-state index contributed by atoms with van der Waals surface area (Å²) in [6.45, 7) is 3.75. The van der Waals surface area contributed by atoms with Crippen molar-refractivity contribution in [1.29, 1.82) is 0 Å². The first-order chi connectivity index (χ1) is 14.0. The lowest BCUT2D eigenvalue weighted by Crippen LogP contribution is -2.29. The Morgan fingerprint density at radius 3 is 2.79 bits per heavy atom. The molecule has 0 saturated carbocycles. The first kappa shape index (κ1) is 19.0. The monoisotopic (exact) mass is 393 g/mol. The van der Waals surface area contributed by atoms with E-state index in [1.54, 1.807) is 18.0 Å². The summed E-state index contributed by atoms with van der Waals surface area (Å²) >= 11 is 0. The molecule has 1 aliphatic rings. The Morgan fingerprint density at radius 2 is 1.97 bits per heavy atom. The lowest BCUT2D eigenvalue weighted by Gasteiger charge is -2.21. The minimum atomic E-state index is -0.124. The summed E-state index contributed by atoms with van der Waals surface area (Å²) in [5.41, 5.74) is 2.50. The maximum atomic E-state index is 12.7. The molecule has 0 atom stereocenters. The van der Waals surface area contributed by atoms with E-state index in [9.17, 15) is 9.59 Å². The standard InChI is InChI=1S/C22H23N3O4/c1-15-4-3-5-17-21(15)23-14-25(22(17)27)9-8-20(26)24(2)13-16-6-7-18-19(12-16)29-11-10-28-18/h3-7,12,14H,8-11,13H2,1-2H3. The molecule has 0 fully saturated rings. The van der Waals surface area contributed by atoms with Gasteiger partial charge in [0.15, 0.2) is 11.5 Å². The molecular weight excluding hydrogens is 370 g/mol. The fraction of sp³-hybridized carbons (Fsp3) is 0.318. The van der Waals surface area contributed by atoms with E-state index in [2.05, 4.69) is 4.98 Å². The van der Waals surface area contributed by atoms with Gasteiger partial charge in [0.1, 0.15) is 13.2 Å². The molecule has 0 N–H and O–H groups in total. The van der Waals surface area contributed by atoms with Gasteiger partial charge in [0.05, 0.1) is 17.2 Å². The van der Waals surface area contributed by atoms with Crippen LogP contribution in [0.4, 0.5) is 0 Å². The van der Waals surface area contributed by atoms with Gasteiger partial charge in [-0.3, -0.25) is 14.2 Å². The van der Waals surface area contributed by atoms with Crippen molar-refractivity contribution in [3.05, 3.63) is 64.2 Å². The molecule has 1 amide bonds. The highest BCUT2D eigenvalue weighted by atomic mass is 16.6. The smallest absolute Gasteiger partial charge is 0.261 e. The molecule has 0 saturated heterocycles. The van der Waals surface area contributed by atoms with Crippen molar-refractivity contribution < 1.29 is 14.3 Å². The summed E-state index contributed by atoms with van der Waals surface area (Å²) < 4.78 is 12.6. The Morgan fingerprint density at radius 1 is 1.17 bits per heavy atom. The Balaban J connectivity index is 1.41. The second kappa shape index (κ2) is 7.95. The maximum absolute atomic E-state index is 12.7. The quantitative estimate of drug-likeness (QED) is 0.666. The minimum absolute atomic E-state index is 0.0453. The van der Waals surface area contributed by atoms with Gasteiger partial charge in [-0.2, -0.15) is 0 Å². The normalized spacial score (nSPS) is 12.8. The van der Waals surface area contributed by atoms with E-state index in [0.717, 1.165) is 16.9 Å². The topological polar surface area (TPSA) is 73.7 Å². The molecule has 2 aromatic carbocycles. The van der Waals surface area contributed by atoms with Gasteiger partial charge in [0, 0.05) is 26.6 Å². The van der Waals surface area contributed by atoms with Gasteiger partial charge >= 0.3 is 0 Å². The number of hydrogen-bond acceptors (Lipinski definition) is 5. The van der Waals surface area contributed by atoms with E-state index < -0.39 is 0 Å². The lowest BCUT2D eigenvalue weighted by molar-refractivity contribution is -0.130. The molecule has 29 heavy (non-hydrogen) atoms. The van der Waals surface area contributed by atoms with Crippen molar-refractivity contribution in [3.63, 3.8) is 0 Å². The average molecular weight is 393 g/mol. The highest BCUT2D eigenvalue weighted by Gasteiger charge is 2.15. The molecular formula is C22H23N3O4. The molecule has 7 heteroatoms. The minimum Gasteiger partial charge on any atom is -0.486 e. The molecule has 150 valence electrons. The van der Waals surface area contributed by atoms with Crippen molar-refractivity contribution in [2.24, 2.45) is 0 Å². The number of carbonyl (C=O) groups is 1. The number of amides is 1. The van der Waals surface area contributed by atoms with Gasteiger partial charge in [-0.05, 0) is 36.2 Å². The number of aromatic nitrogens is 2. The van der Waals surface area contributed by atoms with Crippen LogP contribution in [0.5, 0.6) is 11.5 Å². The number of hydrogen-bond donors (Lipinski definition) is 0. The molecule has 0 bridgehead atoms. The van der Waals surface area contributed by atoms with Crippen LogP contribution >= 0.6 is 0 Å². The van der Waals surface area contributed by atoms with Gasteiger partial charge in [0.25, 0.3) is 5.56 Å². The summed E-state index contributed by atoms with van der Waals surface area (Å²) in [6.07, 6.45) is 1.74. The maximum Gasteiger partial charge on any atom is 0.261 e. The third kappa shape index (κ3) is 3.94. The highest BCUT2D eigenvalue weighted by molar-refractivity contribution is 5.80. The second-order valence-electron chi connectivity index (χ2n) is 7.19. The van der Waals surface area contributed by atoms with E-state index in [1.807, 2.05) is 37.3 Å². The number of ether oxygens (including phenoxy) is 2. The van der Waals surface area contributed by atoms with Gasteiger partial charge in [0.2, 0.25) is 5.91 Å². The molecule has 0 spiro atoms. The fourth-order valence-electron chi connectivity index (χ4n) is 3.45. The number of benzene rings is 2. The molecule has 2 heterocycles. The average Bonchev–Trinajstić information content (AvgIpc) is 2.73. The number of rotatable bonds is 5. The van der Waals surface area contributed by atoms with Crippen LogP contribution in [-0.2, 0) is 17.9 Å². The largest absolute Gasteiger partial charge is 0.486 e. The van der Waals surface area contributed by atoms with Crippen LogP contribution in [-0.4, -0.2) is 40.6 Å². The predicted molar refractivity (Wildman–Crippen MR) is 109 cm³/mol. The van der Waals surface area contributed by atoms with E-state index >= 15 is 0 Å². The third-order valence-electron chi connectivity index (χ3n) is 5.07. The Labute approximate surface area is 168 Å². The first-order valence-corrected chi connectivity index (χ1v) is 9.60. The number of para-hydroxylation sites is 1. The van der Waals surface area contributed by atoms with E-state index in [4.69, 9.17) is 9.47 Å². The van der Waals surface area contributed by atoms with Crippen LogP contribution in [0.25, 0.3) is 10.9 Å². The lowest BCUT2D eigenvalue weighted by atomic mass is 10.1. The molecule has 0 unspecified atom stereocenters. The van der Waals surface area contributed by atoms with Crippen molar-refractivity contribution in [2.45, 2.75) is 26.4 Å². The van der Waals surface area contributed by atoms with Crippen LogP contribution in [0.2, 0.25) is 0 Å². The molecule has 1 aliphatic heterocycles. The molecule has 0 aliphatic carbocycles. The highest BCUT2D eigenvalue weighted by Crippen LogP contribution is 2.31. The number of nitrogens with zero attached hydrogens (tertiary/aromatic N) is 3. The summed E-state index contributed by atoms with van der Waals surface area (Å²) in [4.78, 5) is 31.3. The Hall–Kier alpha value is -3.35. The number of fused-ring (bicyclic) bond motifs is 2.